The first kappa shape index (κ1) is 18.9. The molecule has 0 aliphatic carbocycles. The summed E-state index contributed by atoms with van der Waals surface area (Å²) < 4.78 is 19.8. The summed E-state index contributed by atoms with van der Waals surface area (Å²) in [5.41, 5.74) is 7.16. The number of anilines is 1. The minimum atomic E-state index is -1.53. The van der Waals surface area contributed by atoms with E-state index in [1.807, 2.05) is 30.3 Å². The molecule has 1 fully saturated rings. The lowest BCUT2D eigenvalue weighted by atomic mass is 10.1. The van der Waals surface area contributed by atoms with Crippen molar-refractivity contribution in [3.63, 3.8) is 0 Å². The van der Waals surface area contributed by atoms with Gasteiger partial charge in [0.05, 0.1) is 29.5 Å². The summed E-state index contributed by atoms with van der Waals surface area (Å²) >= 11 is 0. The number of fused-ring (bicyclic) bond motifs is 1. The quantitative estimate of drug-likeness (QED) is 0.404. The van der Waals surface area contributed by atoms with Gasteiger partial charge in [0.2, 0.25) is 5.95 Å². The predicted octanol–water partition coefficient (Wildman–Crippen LogP) is -0.672. The largest absolute Gasteiger partial charge is 0.394 e. The van der Waals surface area contributed by atoms with Gasteiger partial charge in [-0.2, -0.15) is 4.98 Å². The van der Waals surface area contributed by atoms with Gasteiger partial charge in [0.1, 0.15) is 23.8 Å². The van der Waals surface area contributed by atoms with Crippen LogP contribution in [0.3, 0.4) is 0 Å². The fourth-order valence-electron chi connectivity index (χ4n) is 3.16. The second-order valence-corrected chi connectivity index (χ2v) is 7.78. The van der Waals surface area contributed by atoms with Crippen molar-refractivity contribution < 1.29 is 24.3 Å². The van der Waals surface area contributed by atoms with Crippen LogP contribution in [0.1, 0.15) is 11.8 Å². The van der Waals surface area contributed by atoms with Crippen molar-refractivity contribution in [1.82, 2.24) is 19.5 Å². The molecule has 5 N–H and O–H groups in total. The predicted molar refractivity (Wildman–Crippen MR) is 99.3 cm³/mol. The van der Waals surface area contributed by atoms with Gasteiger partial charge in [0, 0.05) is 0 Å². The zero-order chi connectivity index (χ0) is 19.8. The Balaban J connectivity index is 1.72. The molecular formula is C17H19N5O5S. The molecule has 4 rings (SSSR count). The molecule has 3 heterocycles. The normalized spacial score (nSPS) is 26.0. The Labute approximate surface area is 162 Å². The van der Waals surface area contributed by atoms with E-state index in [-0.39, 0.29) is 27.9 Å². The second kappa shape index (κ2) is 7.53. The Bertz CT molecular complexity index is 1010. The monoisotopic (exact) mass is 405 g/mol. The highest BCUT2D eigenvalue weighted by Gasteiger charge is 2.44. The van der Waals surface area contributed by atoms with Crippen molar-refractivity contribution in [2.75, 3.05) is 12.3 Å². The number of aromatic nitrogens is 4. The lowest BCUT2D eigenvalue weighted by Crippen LogP contribution is -2.33. The lowest BCUT2D eigenvalue weighted by Gasteiger charge is -2.16. The number of ether oxygens (including phenoxy) is 1. The molecule has 28 heavy (non-hydrogen) atoms. The number of hydrogen-bond donors (Lipinski definition) is 4. The molecule has 0 spiro atoms. The Morgan fingerprint density at radius 2 is 1.93 bits per heavy atom. The van der Waals surface area contributed by atoms with Gasteiger partial charge < -0.3 is 25.8 Å². The van der Waals surface area contributed by atoms with Crippen LogP contribution < -0.4 is 5.73 Å². The van der Waals surface area contributed by atoms with Crippen molar-refractivity contribution >= 4 is 27.9 Å². The maximum atomic E-state index is 12.9. The number of aliphatic hydroxyl groups excluding tert-OH is 3. The van der Waals surface area contributed by atoms with E-state index in [2.05, 4.69) is 15.0 Å². The number of nitrogens with zero attached hydrogens (tertiary/aromatic N) is 4. The number of aliphatic hydroxyl groups is 3. The molecule has 1 aliphatic rings. The molecule has 0 amide bonds. The summed E-state index contributed by atoms with van der Waals surface area (Å²) in [6.45, 7) is -0.454. The molecule has 2 unspecified atom stereocenters. The van der Waals surface area contributed by atoms with Crippen LogP contribution in [0.5, 0.6) is 0 Å². The number of rotatable bonds is 5. The lowest BCUT2D eigenvalue weighted by molar-refractivity contribution is -0.0511. The minimum absolute atomic E-state index is 0.0996. The number of imidazole rings is 1. The third-order valence-electron chi connectivity index (χ3n) is 4.55. The second-order valence-electron chi connectivity index (χ2n) is 6.42. The van der Waals surface area contributed by atoms with E-state index in [1.54, 1.807) is 0 Å². The topological polar surface area (TPSA) is 157 Å². The molecule has 3 aromatic rings. The van der Waals surface area contributed by atoms with E-state index in [1.165, 1.54) is 10.9 Å². The highest BCUT2D eigenvalue weighted by molar-refractivity contribution is 7.84. The summed E-state index contributed by atoms with van der Waals surface area (Å²) in [6.07, 6.45) is -3.19. The highest BCUT2D eigenvalue weighted by atomic mass is 32.2. The van der Waals surface area contributed by atoms with E-state index in [0.717, 1.165) is 5.56 Å². The average Bonchev–Trinajstić information content (AvgIpc) is 3.23. The van der Waals surface area contributed by atoms with Crippen molar-refractivity contribution in [3.05, 3.63) is 42.2 Å². The molecule has 148 valence electrons. The van der Waals surface area contributed by atoms with Gasteiger partial charge in [-0.25, -0.2) is 9.97 Å². The molecule has 0 saturated carbocycles. The van der Waals surface area contributed by atoms with Gasteiger partial charge >= 0.3 is 0 Å². The fraction of sp³-hybridized carbons (Fsp3) is 0.353. The first-order valence-electron chi connectivity index (χ1n) is 8.54. The van der Waals surface area contributed by atoms with E-state index >= 15 is 0 Å². The summed E-state index contributed by atoms with van der Waals surface area (Å²) in [6, 6.07) is 9.30. The molecule has 11 heteroatoms. The third-order valence-corrected chi connectivity index (χ3v) is 5.87. The van der Waals surface area contributed by atoms with Crippen LogP contribution in [-0.4, -0.2) is 64.0 Å². The first-order valence-corrected chi connectivity index (χ1v) is 9.86. The van der Waals surface area contributed by atoms with Crippen molar-refractivity contribution in [2.45, 2.75) is 35.3 Å². The summed E-state index contributed by atoms with van der Waals surface area (Å²) in [5.74, 6) is 0.130. The van der Waals surface area contributed by atoms with Crippen LogP contribution in [0, 0.1) is 0 Å². The van der Waals surface area contributed by atoms with Gasteiger partial charge in [0.25, 0.3) is 0 Å². The van der Waals surface area contributed by atoms with Crippen LogP contribution in [0.4, 0.5) is 5.95 Å². The Morgan fingerprint density at radius 3 is 2.61 bits per heavy atom. The van der Waals surface area contributed by atoms with Gasteiger partial charge in [-0.15, -0.1) is 0 Å². The fourth-order valence-corrected chi connectivity index (χ4v) is 4.34. The van der Waals surface area contributed by atoms with E-state index in [0.29, 0.717) is 0 Å². The SMILES string of the molecule is Nc1nc(S(=O)Cc2ccccc2)c2ncn(C3O[C@H](CO)[C@@H](O)[C@H]3O)c2n1. The number of benzene rings is 1. The van der Waals surface area contributed by atoms with E-state index < -0.39 is 41.9 Å². The molecular weight excluding hydrogens is 386 g/mol. The van der Waals surface area contributed by atoms with Gasteiger partial charge in [-0.1, -0.05) is 30.3 Å². The molecule has 0 bridgehead atoms. The molecule has 10 nitrogen and oxygen atoms in total. The van der Waals surface area contributed by atoms with Crippen molar-refractivity contribution in [2.24, 2.45) is 0 Å². The van der Waals surface area contributed by atoms with Crippen LogP contribution in [0.15, 0.2) is 41.7 Å². The average molecular weight is 405 g/mol. The van der Waals surface area contributed by atoms with Crippen molar-refractivity contribution in [1.29, 1.82) is 0 Å². The Morgan fingerprint density at radius 1 is 1.18 bits per heavy atom. The third kappa shape index (κ3) is 3.27. The summed E-state index contributed by atoms with van der Waals surface area (Å²) in [4.78, 5) is 12.5. The van der Waals surface area contributed by atoms with E-state index in [4.69, 9.17) is 10.5 Å². The smallest absolute Gasteiger partial charge is 0.223 e. The zero-order valence-corrected chi connectivity index (χ0v) is 15.4. The van der Waals surface area contributed by atoms with Gasteiger partial charge in [0.15, 0.2) is 16.9 Å². The van der Waals surface area contributed by atoms with Crippen LogP contribution in [0.2, 0.25) is 0 Å². The molecule has 1 saturated heterocycles. The number of hydrogen-bond acceptors (Lipinski definition) is 9. The van der Waals surface area contributed by atoms with Gasteiger partial charge in [-0.05, 0) is 5.56 Å². The van der Waals surface area contributed by atoms with Crippen molar-refractivity contribution in [3.8, 4) is 0 Å². The van der Waals surface area contributed by atoms with Crippen LogP contribution >= 0.6 is 0 Å². The summed E-state index contributed by atoms with van der Waals surface area (Å²) in [5, 5.41) is 29.7. The standard InChI is InChI=1S/C17H19N5O5S/c18-17-20-14-11(15(21-17)28(26)7-9-4-2-1-3-5-9)19-8-22(14)16-13(25)12(24)10(6-23)27-16/h1-5,8,10,12-13,16,23-25H,6-7H2,(H2,18,20,21)/t10-,12-,13-,16?,28?/m1/s1. The highest BCUT2D eigenvalue weighted by Crippen LogP contribution is 2.32. The molecule has 1 aliphatic heterocycles. The summed E-state index contributed by atoms with van der Waals surface area (Å²) in [7, 11) is -1.53. The molecule has 1 aromatic carbocycles. The molecule has 0 radical (unpaired) electrons. The molecule has 5 atom stereocenters. The first-order chi connectivity index (χ1) is 13.5. The Kier molecular flexibility index (Phi) is 5.08. The molecule has 2 aromatic heterocycles. The zero-order valence-electron chi connectivity index (χ0n) is 14.6. The maximum absolute atomic E-state index is 12.9. The minimum Gasteiger partial charge on any atom is -0.394 e. The number of nitrogen functional groups attached to an aromatic ring is 1. The van der Waals surface area contributed by atoms with Crippen LogP contribution in [-0.2, 0) is 21.3 Å². The number of nitrogens with two attached hydrogens (primary N) is 1. The van der Waals surface area contributed by atoms with Crippen LogP contribution in [0.25, 0.3) is 11.2 Å². The Hall–Kier alpha value is -2.44. The van der Waals surface area contributed by atoms with E-state index in [9.17, 15) is 19.5 Å². The van der Waals surface area contributed by atoms with Gasteiger partial charge in [-0.3, -0.25) is 8.78 Å². The maximum Gasteiger partial charge on any atom is 0.223 e.